The van der Waals surface area contributed by atoms with Gasteiger partial charge in [-0.15, -0.1) is 0 Å². The van der Waals surface area contributed by atoms with Crippen molar-refractivity contribution >= 4 is 17.5 Å². The minimum atomic E-state index is -2.77. The molecule has 1 fully saturated rings. The van der Waals surface area contributed by atoms with E-state index in [2.05, 4.69) is 10.1 Å². The van der Waals surface area contributed by atoms with Gasteiger partial charge in [0, 0.05) is 30.0 Å². The van der Waals surface area contributed by atoms with Gasteiger partial charge in [-0.1, -0.05) is 12.1 Å². The van der Waals surface area contributed by atoms with Gasteiger partial charge >= 0.3 is 0 Å². The van der Waals surface area contributed by atoms with E-state index in [1.165, 1.54) is 31.4 Å². The zero-order chi connectivity index (χ0) is 22.3. The average molecular weight is 426 g/mol. The summed E-state index contributed by atoms with van der Waals surface area (Å²) in [5.74, 6) is -6.41. The Hall–Kier alpha value is -3.10. The fourth-order valence-corrected chi connectivity index (χ4v) is 3.03. The summed E-state index contributed by atoms with van der Waals surface area (Å²) in [6.45, 7) is 0. The molecule has 2 aromatic carbocycles. The Morgan fingerprint density at radius 3 is 2.47 bits per heavy atom. The van der Waals surface area contributed by atoms with Gasteiger partial charge in [0.25, 0.3) is 0 Å². The number of hydrogen-bond donors (Lipinski definition) is 2. The number of alkyl halides is 2. The van der Waals surface area contributed by atoms with Crippen LogP contribution in [0.4, 0.5) is 23.2 Å². The summed E-state index contributed by atoms with van der Waals surface area (Å²) in [6.07, 6.45) is 0.214. The molecule has 2 aromatic rings. The largest absolute Gasteiger partial charge is 0.494 e. The first-order valence-corrected chi connectivity index (χ1v) is 9.19. The highest BCUT2D eigenvalue weighted by molar-refractivity contribution is 5.96. The number of rotatable bonds is 4. The maximum atomic E-state index is 13.3. The van der Waals surface area contributed by atoms with Crippen LogP contribution in [0.5, 0.6) is 5.75 Å². The third-order valence-corrected chi connectivity index (χ3v) is 4.56. The summed E-state index contributed by atoms with van der Waals surface area (Å²) >= 11 is 0. The molecule has 0 spiro atoms. The molecule has 3 N–H and O–H groups in total. The number of nitrogens with one attached hydrogen (secondary N) is 1. The number of benzene rings is 2. The molecule has 1 saturated carbocycles. The summed E-state index contributed by atoms with van der Waals surface area (Å²) in [7, 11) is 1.29. The minimum absolute atomic E-state index is 0.0694. The van der Waals surface area contributed by atoms with E-state index >= 15 is 0 Å². The Kier molecular flexibility index (Phi) is 7.79. The Balaban J connectivity index is 0.000000269. The van der Waals surface area contributed by atoms with Crippen molar-refractivity contribution in [1.82, 2.24) is 0 Å². The fraction of sp³-hybridized carbons (Fsp3) is 0.333. The van der Waals surface area contributed by atoms with Crippen LogP contribution in [-0.4, -0.2) is 24.8 Å². The van der Waals surface area contributed by atoms with Crippen LogP contribution < -0.4 is 15.8 Å². The first kappa shape index (κ1) is 23.2. The normalized spacial score (nSPS) is 17.3. The van der Waals surface area contributed by atoms with Gasteiger partial charge in [0.15, 0.2) is 11.6 Å². The molecule has 30 heavy (non-hydrogen) atoms. The summed E-state index contributed by atoms with van der Waals surface area (Å²) < 4.78 is 55.9. The Bertz CT molecular complexity index is 906. The molecule has 1 aliphatic carbocycles. The molecule has 2 amide bonds. The molecule has 3 rings (SSSR count). The van der Waals surface area contributed by atoms with E-state index in [-0.39, 0.29) is 17.7 Å². The van der Waals surface area contributed by atoms with Crippen LogP contribution in [0.25, 0.3) is 0 Å². The summed E-state index contributed by atoms with van der Waals surface area (Å²) in [6, 6.07) is 9.90. The highest BCUT2D eigenvalue weighted by atomic mass is 19.3. The maximum absolute atomic E-state index is 13.3. The van der Waals surface area contributed by atoms with E-state index in [0.717, 1.165) is 6.07 Å². The third kappa shape index (κ3) is 6.47. The van der Waals surface area contributed by atoms with Crippen molar-refractivity contribution in [2.24, 2.45) is 11.7 Å². The smallest absolute Gasteiger partial charge is 0.248 e. The molecular formula is C21H22F4N2O3. The topological polar surface area (TPSA) is 81.4 Å². The standard InChI is InChI=1S/C14H16F2N2O2.C7H6F2O/c15-14(16)6-2-4-10(8-14)13(20)18-11-5-1-3-9(7-11)12(17)19;1-10-6-4-2-3-5(8)7(6)9/h1,3,5,7,10H,2,4,6,8H2,(H2,17,19)(H,18,20);2-4H,1H3. The number of carbonyl (C=O) groups is 2. The van der Waals surface area contributed by atoms with Crippen LogP contribution >= 0.6 is 0 Å². The fourth-order valence-electron chi connectivity index (χ4n) is 3.03. The van der Waals surface area contributed by atoms with Gasteiger partial charge in [0.2, 0.25) is 23.6 Å². The van der Waals surface area contributed by atoms with Crippen LogP contribution in [0.1, 0.15) is 36.0 Å². The van der Waals surface area contributed by atoms with Crippen LogP contribution in [0.2, 0.25) is 0 Å². The van der Waals surface area contributed by atoms with Crippen molar-refractivity contribution in [3.05, 3.63) is 59.7 Å². The van der Waals surface area contributed by atoms with E-state index in [4.69, 9.17) is 5.73 Å². The first-order valence-electron chi connectivity index (χ1n) is 9.19. The van der Waals surface area contributed by atoms with E-state index in [0.29, 0.717) is 18.5 Å². The van der Waals surface area contributed by atoms with E-state index in [1.54, 1.807) is 12.1 Å². The van der Waals surface area contributed by atoms with Crippen LogP contribution in [0.15, 0.2) is 42.5 Å². The van der Waals surface area contributed by atoms with Gasteiger partial charge in [0.1, 0.15) is 0 Å². The number of ether oxygens (including phenoxy) is 1. The second-order valence-electron chi connectivity index (χ2n) is 6.84. The highest BCUT2D eigenvalue weighted by Crippen LogP contribution is 2.37. The van der Waals surface area contributed by atoms with Gasteiger partial charge < -0.3 is 15.8 Å². The Labute approximate surface area is 171 Å². The highest BCUT2D eigenvalue weighted by Gasteiger charge is 2.39. The Morgan fingerprint density at radius 2 is 1.87 bits per heavy atom. The molecule has 0 radical (unpaired) electrons. The van der Waals surface area contributed by atoms with Crippen molar-refractivity contribution in [2.75, 3.05) is 12.4 Å². The molecule has 1 atom stereocenters. The lowest BCUT2D eigenvalue weighted by molar-refractivity contribution is -0.127. The molecule has 0 saturated heterocycles. The molecule has 162 valence electrons. The van der Waals surface area contributed by atoms with Crippen molar-refractivity contribution in [3.63, 3.8) is 0 Å². The van der Waals surface area contributed by atoms with Crippen LogP contribution in [-0.2, 0) is 4.79 Å². The van der Waals surface area contributed by atoms with Crippen molar-refractivity contribution < 1.29 is 31.9 Å². The molecule has 0 aromatic heterocycles. The van der Waals surface area contributed by atoms with Gasteiger partial charge in [0.05, 0.1) is 7.11 Å². The first-order chi connectivity index (χ1) is 14.1. The zero-order valence-corrected chi connectivity index (χ0v) is 16.3. The molecule has 0 aliphatic heterocycles. The van der Waals surface area contributed by atoms with Gasteiger partial charge in [-0.05, 0) is 43.2 Å². The van der Waals surface area contributed by atoms with Crippen molar-refractivity contribution in [2.45, 2.75) is 31.6 Å². The SMILES string of the molecule is COc1cccc(F)c1F.NC(=O)c1cccc(NC(=O)C2CCCC(F)(F)C2)c1. The lowest BCUT2D eigenvalue weighted by Gasteiger charge is -2.28. The number of hydrogen-bond acceptors (Lipinski definition) is 3. The van der Waals surface area contributed by atoms with E-state index in [1.807, 2.05) is 0 Å². The Morgan fingerprint density at radius 1 is 1.17 bits per heavy atom. The quantitative estimate of drug-likeness (QED) is 0.706. The molecule has 1 aliphatic rings. The zero-order valence-electron chi connectivity index (χ0n) is 16.3. The number of halogens is 4. The number of anilines is 1. The molecule has 1 unspecified atom stereocenters. The number of methoxy groups -OCH3 is 1. The van der Waals surface area contributed by atoms with Crippen LogP contribution in [0, 0.1) is 17.6 Å². The number of amides is 2. The van der Waals surface area contributed by atoms with Crippen LogP contribution in [0.3, 0.4) is 0 Å². The summed E-state index contributed by atoms with van der Waals surface area (Å²) in [5, 5.41) is 2.56. The molecular weight excluding hydrogens is 404 g/mol. The second-order valence-corrected chi connectivity index (χ2v) is 6.84. The average Bonchev–Trinajstić information content (AvgIpc) is 2.70. The van der Waals surface area contributed by atoms with Gasteiger partial charge in [-0.2, -0.15) is 4.39 Å². The van der Waals surface area contributed by atoms with Crippen molar-refractivity contribution in [1.29, 1.82) is 0 Å². The number of carbonyl (C=O) groups excluding carboxylic acids is 2. The number of primary amides is 1. The predicted molar refractivity (Wildman–Crippen MR) is 103 cm³/mol. The molecule has 9 heteroatoms. The summed E-state index contributed by atoms with van der Waals surface area (Å²) in [5.41, 5.74) is 5.79. The minimum Gasteiger partial charge on any atom is -0.494 e. The number of nitrogens with two attached hydrogens (primary N) is 1. The van der Waals surface area contributed by atoms with Gasteiger partial charge in [-0.3, -0.25) is 9.59 Å². The summed E-state index contributed by atoms with van der Waals surface area (Å²) in [4.78, 5) is 23.0. The molecule has 0 bridgehead atoms. The second kappa shape index (κ2) is 10.1. The van der Waals surface area contributed by atoms with E-state index in [9.17, 15) is 27.2 Å². The lowest BCUT2D eigenvalue weighted by Crippen LogP contribution is -2.33. The van der Waals surface area contributed by atoms with Crippen molar-refractivity contribution in [3.8, 4) is 5.75 Å². The monoisotopic (exact) mass is 426 g/mol. The third-order valence-electron chi connectivity index (χ3n) is 4.56. The predicted octanol–water partition coefficient (Wildman–Crippen LogP) is 4.52. The molecule has 5 nitrogen and oxygen atoms in total. The van der Waals surface area contributed by atoms with E-state index < -0.39 is 41.7 Å². The lowest BCUT2D eigenvalue weighted by atomic mass is 9.86. The molecule has 0 heterocycles. The maximum Gasteiger partial charge on any atom is 0.248 e. The van der Waals surface area contributed by atoms with Gasteiger partial charge in [-0.25, -0.2) is 13.2 Å².